The zero-order valence-electron chi connectivity index (χ0n) is 11.8. The van der Waals surface area contributed by atoms with Crippen LogP contribution >= 0.6 is 0 Å². The molecule has 0 saturated heterocycles. The molecule has 1 aliphatic carbocycles. The Balaban J connectivity index is 2.17. The minimum atomic E-state index is 0.165. The standard InChI is InChI=1S/C17H22N2/c1-19(2)17(16-8-4-3-5-9-16)12-10-15(11-13-17)7-6-14-18/h3-9,15H,10-13H2,1-2H3/b7-6+. The van der Waals surface area contributed by atoms with Crippen molar-refractivity contribution >= 4 is 0 Å². The molecule has 0 aliphatic heterocycles. The highest BCUT2D eigenvalue weighted by molar-refractivity contribution is 5.25. The van der Waals surface area contributed by atoms with Gasteiger partial charge in [-0.05, 0) is 51.3 Å². The van der Waals surface area contributed by atoms with Gasteiger partial charge in [-0.3, -0.25) is 4.90 Å². The van der Waals surface area contributed by atoms with E-state index in [0.717, 1.165) is 25.7 Å². The normalized spacial score (nSPS) is 27.6. The zero-order valence-corrected chi connectivity index (χ0v) is 11.8. The van der Waals surface area contributed by atoms with E-state index in [-0.39, 0.29) is 5.54 Å². The van der Waals surface area contributed by atoms with Crippen molar-refractivity contribution in [2.45, 2.75) is 31.2 Å². The van der Waals surface area contributed by atoms with E-state index >= 15 is 0 Å². The van der Waals surface area contributed by atoms with Crippen LogP contribution in [0.25, 0.3) is 0 Å². The topological polar surface area (TPSA) is 27.0 Å². The number of rotatable bonds is 3. The van der Waals surface area contributed by atoms with Crippen LogP contribution in [0, 0.1) is 17.2 Å². The maximum Gasteiger partial charge on any atom is 0.0908 e. The second-order valence-electron chi connectivity index (χ2n) is 5.62. The Morgan fingerprint density at radius 3 is 2.37 bits per heavy atom. The molecule has 1 fully saturated rings. The summed E-state index contributed by atoms with van der Waals surface area (Å²) in [6, 6.07) is 12.9. The van der Waals surface area contributed by atoms with Crippen LogP contribution in [0.3, 0.4) is 0 Å². The first-order valence-electron chi connectivity index (χ1n) is 6.98. The molecule has 2 heteroatoms. The lowest BCUT2D eigenvalue weighted by Gasteiger charge is -2.45. The highest BCUT2D eigenvalue weighted by Crippen LogP contribution is 2.43. The van der Waals surface area contributed by atoms with Gasteiger partial charge in [0.15, 0.2) is 0 Å². The predicted molar refractivity (Wildman–Crippen MR) is 78.5 cm³/mol. The van der Waals surface area contributed by atoms with Crippen molar-refractivity contribution in [3.05, 3.63) is 48.0 Å². The molecule has 100 valence electrons. The third-order valence-electron chi connectivity index (χ3n) is 4.47. The number of nitrogens with zero attached hydrogens (tertiary/aromatic N) is 2. The number of hydrogen-bond donors (Lipinski definition) is 0. The second kappa shape index (κ2) is 6.04. The van der Waals surface area contributed by atoms with Gasteiger partial charge in [0, 0.05) is 11.6 Å². The molecule has 0 spiro atoms. The molecule has 2 rings (SSSR count). The molecule has 0 amide bonds. The summed E-state index contributed by atoms with van der Waals surface area (Å²) in [5.74, 6) is 0.566. The van der Waals surface area contributed by atoms with Crippen LogP contribution < -0.4 is 0 Å². The van der Waals surface area contributed by atoms with E-state index in [9.17, 15) is 0 Å². The summed E-state index contributed by atoms with van der Waals surface area (Å²) in [6.45, 7) is 0. The summed E-state index contributed by atoms with van der Waals surface area (Å²) in [5, 5.41) is 8.62. The maximum atomic E-state index is 8.62. The second-order valence-corrected chi connectivity index (χ2v) is 5.62. The summed E-state index contributed by atoms with van der Waals surface area (Å²) < 4.78 is 0. The Morgan fingerprint density at radius 2 is 1.84 bits per heavy atom. The first-order valence-corrected chi connectivity index (χ1v) is 6.98. The van der Waals surface area contributed by atoms with E-state index in [1.807, 2.05) is 0 Å². The summed E-state index contributed by atoms with van der Waals surface area (Å²) in [6.07, 6.45) is 8.34. The monoisotopic (exact) mass is 254 g/mol. The molecule has 0 atom stereocenters. The van der Waals surface area contributed by atoms with Crippen LogP contribution in [0.5, 0.6) is 0 Å². The zero-order chi connectivity index (χ0) is 13.7. The first-order chi connectivity index (χ1) is 9.19. The van der Waals surface area contributed by atoms with Crippen molar-refractivity contribution in [2.24, 2.45) is 5.92 Å². The Bertz CT molecular complexity index is 460. The molecule has 0 unspecified atom stereocenters. The van der Waals surface area contributed by atoms with Gasteiger partial charge >= 0.3 is 0 Å². The summed E-state index contributed by atoms with van der Waals surface area (Å²) in [7, 11) is 4.36. The molecule has 19 heavy (non-hydrogen) atoms. The molecule has 0 aromatic heterocycles. The molecule has 0 radical (unpaired) electrons. The largest absolute Gasteiger partial charge is 0.300 e. The quantitative estimate of drug-likeness (QED) is 0.769. The molecule has 1 aliphatic rings. The smallest absolute Gasteiger partial charge is 0.0908 e. The lowest BCUT2D eigenvalue weighted by atomic mass is 9.72. The van der Waals surface area contributed by atoms with E-state index < -0.39 is 0 Å². The van der Waals surface area contributed by atoms with Crippen molar-refractivity contribution < 1.29 is 0 Å². The summed E-state index contributed by atoms with van der Waals surface area (Å²) >= 11 is 0. The average molecular weight is 254 g/mol. The van der Waals surface area contributed by atoms with Crippen molar-refractivity contribution in [2.75, 3.05) is 14.1 Å². The van der Waals surface area contributed by atoms with Gasteiger partial charge in [0.25, 0.3) is 0 Å². The van der Waals surface area contributed by atoms with Gasteiger partial charge in [-0.2, -0.15) is 5.26 Å². The van der Waals surface area contributed by atoms with Gasteiger partial charge in [-0.15, -0.1) is 0 Å². The Hall–Kier alpha value is -1.59. The molecule has 0 N–H and O–H groups in total. The van der Waals surface area contributed by atoms with Gasteiger partial charge in [0.1, 0.15) is 0 Å². The summed E-state index contributed by atoms with van der Waals surface area (Å²) in [4.78, 5) is 2.37. The fourth-order valence-electron chi connectivity index (χ4n) is 3.23. The molecule has 0 bridgehead atoms. The number of allylic oxidation sites excluding steroid dienone is 2. The highest BCUT2D eigenvalue weighted by Gasteiger charge is 2.37. The SMILES string of the molecule is CN(C)C1(c2ccccc2)CCC(/C=C/C#N)CC1. The fraction of sp³-hybridized carbons (Fsp3) is 0.471. The van der Waals surface area contributed by atoms with E-state index in [0.29, 0.717) is 5.92 Å². The van der Waals surface area contributed by atoms with Crippen LogP contribution in [0.4, 0.5) is 0 Å². The van der Waals surface area contributed by atoms with Crippen LogP contribution in [-0.2, 0) is 5.54 Å². The van der Waals surface area contributed by atoms with E-state index in [4.69, 9.17) is 5.26 Å². The van der Waals surface area contributed by atoms with E-state index in [2.05, 4.69) is 61.5 Å². The third kappa shape index (κ3) is 2.88. The van der Waals surface area contributed by atoms with E-state index in [1.54, 1.807) is 6.08 Å². The third-order valence-corrected chi connectivity index (χ3v) is 4.47. The Labute approximate surface area is 116 Å². The van der Waals surface area contributed by atoms with Crippen LogP contribution in [0.2, 0.25) is 0 Å². The maximum absolute atomic E-state index is 8.62. The molecule has 2 nitrogen and oxygen atoms in total. The van der Waals surface area contributed by atoms with Crippen molar-refractivity contribution in [3.63, 3.8) is 0 Å². The van der Waals surface area contributed by atoms with Gasteiger partial charge in [0.05, 0.1) is 6.07 Å². The van der Waals surface area contributed by atoms with Gasteiger partial charge in [-0.25, -0.2) is 0 Å². The average Bonchev–Trinajstić information content (AvgIpc) is 2.46. The van der Waals surface area contributed by atoms with Crippen molar-refractivity contribution in [1.82, 2.24) is 4.90 Å². The molecule has 1 aromatic carbocycles. The van der Waals surface area contributed by atoms with Crippen LogP contribution in [-0.4, -0.2) is 19.0 Å². The molecular formula is C17H22N2. The minimum Gasteiger partial charge on any atom is -0.300 e. The fourth-order valence-corrected chi connectivity index (χ4v) is 3.23. The number of nitriles is 1. The highest BCUT2D eigenvalue weighted by atomic mass is 15.1. The molecular weight excluding hydrogens is 232 g/mol. The molecule has 1 saturated carbocycles. The lowest BCUT2D eigenvalue weighted by molar-refractivity contribution is 0.0862. The van der Waals surface area contributed by atoms with E-state index in [1.165, 1.54) is 5.56 Å². The van der Waals surface area contributed by atoms with Crippen LogP contribution in [0.1, 0.15) is 31.2 Å². The number of benzene rings is 1. The van der Waals surface area contributed by atoms with Gasteiger partial charge < -0.3 is 0 Å². The van der Waals surface area contributed by atoms with Crippen LogP contribution in [0.15, 0.2) is 42.5 Å². The van der Waals surface area contributed by atoms with Gasteiger partial charge in [0.2, 0.25) is 0 Å². The number of hydrogen-bond acceptors (Lipinski definition) is 2. The Morgan fingerprint density at radius 1 is 1.21 bits per heavy atom. The Kier molecular flexibility index (Phi) is 4.39. The molecule has 0 heterocycles. The summed E-state index contributed by atoms with van der Waals surface area (Å²) in [5.41, 5.74) is 1.58. The van der Waals surface area contributed by atoms with Crippen molar-refractivity contribution in [1.29, 1.82) is 5.26 Å². The molecule has 1 aromatic rings. The minimum absolute atomic E-state index is 0.165. The predicted octanol–water partition coefficient (Wildman–Crippen LogP) is 3.71. The van der Waals surface area contributed by atoms with Crippen molar-refractivity contribution in [3.8, 4) is 6.07 Å². The lowest BCUT2D eigenvalue weighted by Crippen LogP contribution is -2.44. The first kappa shape index (κ1) is 13.8. The van der Waals surface area contributed by atoms with Gasteiger partial charge in [-0.1, -0.05) is 36.4 Å².